The van der Waals surface area contributed by atoms with Crippen molar-refractivity contribution in [3.8, 4) is 0 Å². The van der Waals surface area contributed by atoms with Crippen LogP contribution in [0.25, 0.3) is 0 Å². The van der Waals surface area contributed by atoms with Crippen molar-refractivity contribution >= 4 is 0 Å². The van der Waals surface area contributed by atoms with E-state index in [0.29, 0.717) is 12.0 Å². The van der Waals surface area contributed by atoms with Crippen molar-refractivity contribution < 1.29 is 0 Å². The average Bonchev–Trinajstić information content (AvgIpc) is 2.11. The fraction of sp³-hybridized carbons (Fsp3) is 1.00. The van der Waals surface area contributed by atoms with Gasteiger partial charge in [-0.05, 0) is 37.0 Å². The molecule has 0 aromatic heterocycles. The highest BCUT2D eigenvalue weighted by Crippen LogP contribution is 2.30. The number of hydrogen-bond donors (Lipinski definition) is 1. The van der Waals surface area contributed by atoms with Crippen LogP contribution < -0.4 is 5.73 Å². The first-order chi connectivity index (χ1) is 6.40. The fourth-order valence-corrected chi connectivity index (χ4v) is 2.11. The summed E-state index contributed by atoms with van der Waals surface area (Å²) < 4.78 is 0. The summed E-state index contributed by atoms with van der Waals surface area (Å²) in [5.74, 6) is 3.10. The molecule has 0 aliphatic heterocycles. The minimum atomic E-state index is 0.334. The van der Waals surface area contributed by atoms with Crippen LogP contribution in [0.3, 0.4) is 0 Å². The maximum Gasteiger partial charge on any atom is 0.00362 e. The number of hydrogen-bond acceptors (Lipinski definition) is 1. The summed E-state index contributed by atoms with van der Waals surface area (Å²) in [6.45, 7) is 13.7. The zero-order chi connectivity index (χ0) is 11.3. The lowest BCUT2D eigenvalue weighted by atomic mass is 9.76. The molecule has 4 unspecified atom stereocenters. The van der Waals surface area contributed by atoms with Crippen molar-refractivity contribution in [1.29, 1.82) is 0 Å². The van der Waals surface area contributed by atoms with E-state index >= 15 is 0 Å². The van der Waals surface area contributed by atoms with Gasteiger partial charge in [-0.3, -0.25) is 0 Å². The Bertz CT molecular complexity index is 140. The van der Waals surface area contributed by atoms with E-state index in [1.807, 2.05) is 0 Å². The van der Waals surface area contributed by atoms with Gasteiger partial charge in [0.15, 0.2) is 0 Å². The molecule has 0 aliphatic carbocycles. The standard InChI is InChI=1S/C13H29N/c1-7-10(4)13(9(2)3)8-11(5)12(6)14/h9-13H,7-8,14H2,1-6H3. The minimum Gasteiger partial charge on any atom is -0.328 e. The van der Waals surface area contributed by atoms with E-state index < -0.39 is 0 Å². The molecule has 0 spiro atoms. The molecule has 0 aliphatic rings. The Hall–Kier alpha value is -0.0400. The van der Waals surface area contributed by atoms with Gasteiger partial charge in [-0.1, -0.05) is 41.0 Å². The van der Waals surface area contributed by atoms with Gasteiger partial charge >= 0.3 is 0 Å². The van der Waals surface area contributed by atoms with Crippen LogP contribution in [0, 0.1) is 23.7 Å². The highest BCUT2D eigenvalue weighted by molar-refractivity contribution is 4.74. The molecule has 0 bridgehead atoms. The zero-order valence-electron chi connectivity index (χ0n) is 10.9. The molecule has 0 amide bonds. The Morgan fingerprint density at radius 3 is 1.71 bits per heavy atom. The summed E-state index contributed by atoms with van der Waals surface area (Å²) >= 11 is 0. The van der Waals surface area contributed by atoms with Crippen molar-refractivity contribution in [3.63, 3.8) is 0 Å². The molecule has 0 heterocycles. The smallest absolute Gasteiger partial charge is 0.00362 e. The molecular weight excluding hydrogens is 170 g/mol. The van der Waals surface area contributed by atoms with Crippen molar-refractivity contribution in [2.75, 3.05) is 0 Å². The molecule has 0 radical (unpaired) electrons. The first-order valence-corrected chi connectivity index (χ1v) is 6.15. The quantitative estimate of drug-likeness (QED) is 0.694. The van der Waals surface area contributed by atoms with Crippen LogP contribution in [0.15, 0.2) is 0 Å². The highest BCUT2D eigenvalue weighted by atomic mass is 14.6. The van der Waals surface area contributed by atoms with Gasteiger partial charge in [0.1, 0.15) is 0 Å². The van der Waals surface area contributed by atoms with Gasteiger partial charge < -0.3 is 5.73 Å². The van der Waals surface area contributed by atoms with E-state index in [0.717, 1.165) is 17.8 Å². The average molecular weight is 199 g/mol. The van der Waals surface area contributed by atoms with Gasteiger partial charge in [-0.25, -0.2) is 0 Å². The molecule has 0 aromatic carbocycles. The molecule has 0 saturated heterocycles. The lowest BCUT2D eigenvalue weighted by Gasteiger charge is -2.30. The molecular formula is C13H29N. The molecule has 0 rings (SSSR count). The topological polar surface area (TPSA) is 26.0 Å². The molecule has 2 N–H and O–H groups in total. The first kappa shape index (κ1) is 14.0. The Labute approximate surface area is 90.5 Å². The van der Waals surface area contributed by atoms with Crippen LogP contribution in [-0.2, 0) is 0 Å². The summed E-state index contributed by atoms with van der Waals surface area (Å²) in [6.07, 6.45) is 2.57. The number of nitrogens with two attached hydrogens (primary N) is 1. The van der Waals surface area contributed by atoms with Crippen molar-refractivity contribution in [2.24, 2.45) is 29.4 Å². The fourth-order valence-electron chi connectivity index (χ4n) is 2.11. The maximum absolute atomic E-state index is 5.93. The van der Waals surface area contributed by atoms with Gasteiger partial charge in [0.25, 0.3) is 0 Å². The molecule has 0 aromatic rings. The van der Waals surface area contributed by atoms with Crippen LogP contribution in [0.4, 0.5) is 0 Å². The van der Waals surface area contributed by atoms with Crippen LogP contribution in [-0.4, -0.2) is 6.04 Å². The summed E-state index contributed by atoms with van der Waals surface area (Å²) in [7, 11) is 0. The van der Waals surface area contributed by atoms with Crippen LogP contribution in [0.5, 0.6) is 0 Å². The maximum atomic E-state index is 5.93. The first-order valence-electron chi connectivity index (χ1n) is 6.15. The van der Waals surface area contributed by atoms with E-state index in [4.69, 9.17) is 5.73 Å². The predicted octanol–water partition coefficient (Wildman–Crippen LogP) is 3.68. The van der Waals surface area contributed by atoms with E-state index in [9.17, 15) is 0 Å². The van der Waals surface area contributed by atoms with E-state index in [2.05, 4.69) is 41.5 Å². The SMILES string of the molecule is CCC(C)C(CC(C)C(C)N)C(C)C. The molecule has 1 heteroatoms. The summed E-state index contributed by atoms with van der Waals surface area (Å²) in [5, 5.41) is 0. The van der Waals surface area contributed by atoms with Crippen LogP contribution in [0.1, 0.15) is 54.4 Å². The normalized spacial score (nSPS) is 20.6. The van der Waals surface area contributed by atoms with Crippen molar-refractivity contribution in [3.05, 3.63) is 0 Å². The Kier molecular flexibility index (Phi) is 6.43. The second-order valence-electron chi connectivity index (χ2n) is 5.37. The molecule has 0 fully saturated rings. The van der Waals surface area contributed by atoms with E-state index in [1.54, 1.807) is 0 Å². The summed E-state index contributed by atoms with van der Waals surface area (Å²) in [6, 6.07) is 0.334. The second-order valence-corrected chi connectivity index (χ2v) is 5.37. The zero-order valence-corrected chi connectivity index (χ0v) is 10.9. The third-order valence-corrected chi connectivity index (χ3v) is 3.77. The Morgan fingerprint density at radius 2 is 1.43 bits per heavy atom. The summed E-state index contributed by atoms with van der Waals surface area (Å²) in [4.78, 5) is 0. The Balaban J connectivity index is 4.23. The van der Waals surface area contributed by atoms with Gasteiger partial charge in [0.2, 0.25) is 0 Å². The molecule has 4 atom stereocenters. The predicted molar refractivity (Wildman–Crippen MR) is 65.2 cm³/mol. The largest absolute Gasteiger partial charge is 0.328 e. The van der Waals surface area contributed by atoms with E-state index in [-0.39, 0.29) is 0 Å². The van der Waals surface area contributed by atoms with Gasteiger partial charge in [0.05, 0.1) is 0 Å². The van der Waals surface area contributed by atoms with Gasteiger partial charge in [-0.15, -0.1) is 0 Å². The monoisotopic (exact) mass is 199 g/mol. The van der Waals surface area contributed by atoms with E-state index in [1.165, 1.54) is 12.8 Å². The van der Waals surface area contributed by atoms with Gasteiger partial charge in [0, 0.05) is 6.04 Å². The second kappa shape index (κ2) is 6.44. The van der Waals surface area contributed by atoms with Crippen molar-refractivity contribution in [1.82, 2.24) is 0 Å². The third kappa shape index (κ3) is 4.45. The van der Waals surface area contributed by atoms with Gasteiger partial charge in [-0.2, -0.15) is 0 Å². The minimum absolute atomic E-state index is 0.334. The number of rotatable bonds is 6. The molecule has 86 valence electrons. The molecule has 14 heavy (non-hydrogen) atoms. The highest BCUT2D eigenvalue weighted by Gasteiger charge is 2.23. The van der Waals surface area contributed by atoms with Crippen LogP contribution >= 0.6 is 0 Å². The molecule has 0 saturated carbocycles. The lowest BCUT2D eigenvalue weighted by molar-refractivity contribution is 0.207. The molecule has 1 nitrogen and oxygen atoms in total. The third-order valence-electron chi connectivity index (χ3n) is 3.77. The lowest BCUT2D eigenvalue weighted by Crippen LogP contribution is -2.29. The van der Waals surface area contributed by atoms with Crippen LogP contribution in [0.2, 0.25) is 0 Å². The Morgan fingerprint density at radius 1 is 0.929 bits per heavy atom. The summed E-state index contributed by atoms with van der Waals surface area (Å²) in [5.41, 5.74) is 5.93. The van der Waals surface area contributed by atoms with Crippen molar-refractivity contribution in [2.45, 2.75) is 60.4 Å².